The monoisotopic (exact) mass is 682 g/mol. The fourth-order valence-electron chi connectivity index (χ4n) is 6.42. The molecule has 0 aliphatic heterocycles. The Morgan fingerprint density at radius 3 is 2.28 bits per heavy atom. The largest absolute Gasteiger partial charge is 0.507 e. The minimum Gasteiger partial charge on any atom is -0.507 e. The predicted molar refractivity (Wildman–Crippen MR) is 190 cm³/mol. The van der Waals surface area contributed by atoms with E-state index < -0.39 is 11.9 Å². The third kappa shape index (κ3) is 5.75. The Morgan fingerprint density at radius 1 is 0.830 bits per heavy atom. The molecular weight excluding hydrogens is 652 g/mol. The van der Waals surface area contributed by atoms with Crippen LogP contribution in [0.4, 0.5) is 0 Å². The number of fused-ring (bicyclic) bond motifs is 2. The molecule has 7 heteroatoms. The van der Waals surface area contributed by atoms with Crippen LogP contribution < -0.4 is 5.56 Å². The lowest BCUT2D eigenvalue weighted by molar-refractivity contribution is 0.0509. The zero-order chi connectivity index (χ0) is 32.5. The Balaban J connectivity index is 1.27. The number of para-hydroxylation sites is 2. The molecule has 1 atom stereocenters. The number of carbonyl (C=O) groups is 1. The second-order valence-corrected chi connectivity index (χ2v) is 12.4. The number of benzene rings is 5. The Kier molecular flexibility index (Phi) is 8.23. The van der Waals surface area contributed by atoms with Crippen LogP contribution in [0, 0.1) is 0 Å². The second kappa shape index (κ2) is 12.8. The fourth-order valence-corrected chi connectivity index (χ4v) is 6.84. The quantitative estimate of drug-likeness (QED) is 0.157. The van der Waals surface area contributed by atoms with E-state index in [1.54, 1.807) is 23.7 Å². The second-order valence-electron chi connectivity index (χ2n) is 11.5. The van der Waals surface area contributed by atoms with Crippen molar-refractivity contribution in [3.8, 4) is 16.9 Å². The van der Waals surface area contributed by atoms with Crippen molar-refractivity contribution < 1.29 is 14.6 Å². The average Bonchev–Trinajstić information content (AvgIpc) is 3.47. The highest BCUT2D eigenvalue weighted by atomic mass is 79.9. The van der Waals surface area contributed by atoms with Crippen molar-refractivity contribution in [3.63, 3.8) is 0 Å². The van der Waals surface area contributed by atoms with Gasteiger partial charge in [0.05, 0.1) is 29.2 Å². The van der Waals surface area contributed by atoms with Crippen molar-refractivity contribution in [3.05, 3.63) is 170 Å². The number of aryl methyl sites for hydroxylation is 1. The summed E-state index contributed by atoms with van der Waals surface area (Å²) in [6, 6.07) is 40.4. The van der Waals surface area contributed by atoms with Gasteiger partial charge in [-0.05, 0) is 64.7 Å². The molecule has 0 aliphatic carbocycles. The number of esters is 1. The van der Waals surface area contributed by atoms with E-state index in [0.717, 1.165) is 43.3 Å². The predicted octanol–water partition coefficient (Wildman–Crippen LogP) is 8.73. The first kappa shape index (κ1) is 30.3. The van der Waals surface area contributed by atoms with Gasteiger partial charge in [0.2, 0.25) is 0 Å². The first-order valence-electron chi connectivity index (χ1n) is 15.4. The zero-order valence-electron chi connectivity index (χ0n) is 25.6. The molecule has 2 N–H and O–H groups in total. The minimum atomic E-state index is -0.639. The van der Waals surface area contributed by atoms with Gasteiger partial charge in [-0.3, -0.25) is 4.79 Å². The lowest BCUT2D eigenvalue weighted by Gasteiger charge is -2.22. The van der Waals surface area contributed by atoms with Crippen LogP contribution in [0.5, 0.6) is 5.75 Å². The van der Waals surface area contributed by atoms with Gasteiger partial charge in [-0.25, -0.2) is 4.79 Å². The number of nitrogens with zero attached hydrogens (tertiary/aromatic N) is 1. The molecule has 0 radical (unpaired) electrons. The van der Waals surface area contributed by atoms with Gasteiger partial charge in [0.25, 0.3) is 5.56 Å². The smallest absolute Gasteiger partial charge is 0.338 e. The van der Waals surface area contributed by atoms with E-state index in [1.807, 2.05) is 115 Å². The van der Waals surface area contributed by atoms with Crippen LogP contribution in [0.2, 0.25) is 0 Å². The number of pyridine rings is 1. The molecule has 1 unspecified atom stereocenters. The van der Waals surface area contributed by atoms with E-state index in [-0.39, 0.29) is 23.5 Å². The van der Waals surface area contributed by atoms with Crippen molar-refractivity contribution in [2.75, 3.05) is 6.61 Å². The van der Waals surface area contributed by atoms with Crippen LogP contribution in [-0.2, 0) is 18.2 Å². The summed E-state index contributed by atoms with van der Waals surface area (Å²) in [5.41, 5.74) is 6.57. The molecule has 5 aromatic carbocycles. The summed E-state index contributed by atoms with van der Waals surface area (Å²) in [4.78, 5) is 30.8. The van der Waals surface area contributed by atoms with Gasteiger partial charge >= 0.3 is 5.97 Å². The molecular formula is C40H31BrN2O4. The number of aromatic hydroxyl groups is 1. The van der Waals surface area contributed by atoms with Crippen molar-refractivity contribution in [1.82, 2.24) is 9.55 Å². The summed E-state index contributed by atoms with van der Waals surface area (Å²) in [6.07, 6.45) is 0.395. The number of H-pyrrole nitrogens is 1. The third-order valence-corrected chi connectivity index (χ3v) is 9.22. The Morgan fingerprint density at radius 2 is 1.51 bits per heavy atom. The molecule has 0 saturated carbocycles. The van der Waals surface area contributed by atoms with Crippen LogP contribution in [0.25, 0.3) is 32.9 Å². The molecule has 6 nitrogen and oxygen atoms in total. The van der Waals surface area contributed by atoms with E-state index in [4.69, 9.17) is 4.74 Å². The molecule has 0 amide bonds. The molecule has 2 aromatic heterocycles. The SMILES string of the molecule is Cn1c(=O)c(C(c2cccc(Br)c2)c2[nH]c3ccccc3c2CCOC(=O)c2ccc(-c3ccccc3)cc2)c(O)c2ccccc21. The number of nitrogens with one attached hydrogen (secondary N) is 1. The van der Waals surface area contributed by atoms with E-state index in [1.165, 1.54) is 0 Å². The maximum Gasteiger partial charge on any atom is 0.338 e. The van der Waals surface area contributed by atoms with E-state index in [2.05, 4.69) is 20.9 Å². The van der Waals surface area contributed by atoms with Gasteiger partial charge in [-0.15, -0.1) is 0 Å². The first-order valence-corrected chi connectivity index (χ1v) is 16.2. The number of carbonyl (C=O) groups excluding carboxylic acids is 1. The number of rotatable bonds is 8. The van der Waals surface area contributed by atoms with Gasteiger partial charge in [0.1, 0.15) is 5.75 Å². The van der Waals surface area contributed by atoms with Crippen LogP contribution >= 0.6 is 15.9 Å². The Hall–Kier alpha value is -5.40. The minimum absolute atomic E-state index is 0.0522. The highest BCUT2D eigenvalue weighted by molar-refractivity contribution is 9.10. The van der Waals surface area contributed by atoms with Gasteiger partial charge in [0, 0.05) is 39.9 Å². The summed E-state index contributed by atoms with van der Waals surface area (Å²) in [5.74, 6) is -1.10. The third-order valence-electron chi connectivity index (χ3n) is 8.73. The fraction of sp³-hybridized carbons (Fsp3) is 0.100. The maximum absolute atomic E-state index is 14.1. The molecule has 0 bridgehead atoms. The average molecular weight is 684 g/mol. The highest BCUT2D eigenvalue weighted by Gasteiger charge is 2.30. The Labute approximate surface area is 280 Å². The Bertz CT molecular complexity index is 2310. The van der Waals surface area contributed by atoms with Crippen molar-refractivity contribution >= 4 is 43.7 Å². The van der Waals surface area contributed by atoms with Crippen LogP contribution in [0.1, 0.15) is 38.7 Å². The summed E-state index contributed by atoms with van der Waals surface area (Å²) < 4.78 is 8.24. The van der Waals surface area contributed by atoms with E-state index in [9.17, 15) is 14.7 Å². The number of ether oxygens (including phenoxy) is 1. The summed E-state index contributed by atoms with van der Waals surface area (Å²) in [6.45, 7) is 0.126. The summed E-state index contributed by atoms with van der Waals surface area (Å²) in [7, 11) is 1.73. The van der Waals surface area contributed by atoms with E-state index >= 15 is 0 Å². The molecule has 7 rings (SSSR count). The molecule has 232 valence electrons. The molecule has 47 heavy (non-hydrogen) atoms. The van der Waals surface area contributed by atoms with Gasteiger partial charge in [-0.2, -0.15) is 0 Å². The van der Waals surface area contributed by atoms with Crippen LogP contribution in [0.15, 0.2) is 137 Å². The van der Waals surface area contributed by atoms with Gasteiger partial charge in [-0.1, -0.05) is 101 Å². The van der Waals surface area contributed by atoms with E-state index in [0.29, 0.717) is 22.9 Å². The molecule has 0 fully saturated rings. The lowest BCUT2D eigenvalue weighted by atomic mass is 9.85. The first-order chi connectivity index (χ1) is 22.9. The zero-order valence-corrected chi connectivity index (χ0v) is 27.2. The standard InChI is InChI=1S/C40H31BrN2O4/c1-43-34-17-8-6-15-32(34)38(44)36(39(43)45)35(28-12-9-13-29(41)24-28)37-31(30-14-5-7-16-33(30)42-37)22-23-47-40(46)27-20-18-26(19-21-27)25-10-3-2-4-11-25/h2-21,24,35,42,44H,22-23H2,1H3. The molecule has 2 heterocycles. The molecule has 7 aromatic rings. The summed E-state index contributed by atoms with van der Waals surface area (Å²) in [5, 5.41) is 13.3. The van der Waals surface area contributed by atoms with Crippen molar-refractivity contribution in [1.29, 1.82) is 0 Å². The normalized spacial score (nSPS) is 12.0. The topological polar surface area (TPSA) is 84.3 Å². The van der Waals surface area contributed by atoms with Gasteiger partial charge < -0.3 is 19.4 Å². The maximum atomic E-state index is 14.1. The van der Waals surface area contributed by atoms with Crippen LogP contribution in [0.3, 0.4) is 0 Å². The van der Waals surface area contributed by atoms with Crippen LogP contribution in [-0.4, -0.2) is 27.2 Å². The molecule has 0 saturated heterocycles. The van der Waals surface area contributed by atoms with Gasteiger partial charge in [0.15, 0.2) is 0 Å². The lowest BCUT2D eigenvalue weighted by Crippen LogP contribution is -2.25. The van der Waals surface area contributed by atoms with Crippen molar-refractivity contribution in [2.24, 2.45) is 7.05 Å². The number of aromatic nitrogens is 2. The van der Waals surface area contributed by atoms with Crippen molar-refractivity contribution in [2.45, 2.75) is 12.3 Å². The molecule has 0 spiro atoms. The highest BCUT2D eigenvalue weighted by Crippen LogP contribution is 2.41. The number of halogens is 1. The number of hydrogen-bond donors (Lipinski definition) is 2. The number of hydrogen-bond acceptors (Lipinski definition) is 4. The summed E-state index contributed by atoms with van der Waals surface area (Å²) >= 11 is 3.60. The number of aromatic amines is 1. The molecule has 0 aliphatic rings.